The van der Waals surface area contributed by atoms with Gasteiger partial charge in [0, 0.05) is 41.6 Å². The summed E-state index contributed by atoms with van der Waals surface area (Å²) >= 11 is 3.46. The minimum absolute atomic E-state index is 0.881. The fourth-order valence-electron chi connectivity index (χ4n) is 5.41. The molecule has 0 N–H and O–H groups in total. The molecule has 5 nitrogen and oxygen atoms in total. The van der Waals surface area contributed by atoms with Crippen molar-refractivity contribution < 1.29 is 0 Å². The van der Waals surface area contributed by atoms with Crippen LogP contribution in [0.15, 0.2) is 77.7 Å². The summed E-state index contributed by atoms with van der Waals surface area (Å²) in [6, 6.07) is 19.5. The summed E-state index contributed by atoms with van der Waals surface area (Å²) in [5.41, 5.74) is 6.03. The van der Waals surface area contributed by atoms with Crippen LogP contribution in [-0.2, 0) is 12.8 Å². The predicted octanol–water partition coefficient (Wildman–Crippen LogP) is 6.90. The molecule has 200 valence electrons. The van der Waals surface area contributed by atoms with Crippen molar-refractivity contribution in [1.29, 1.82) is 0 Å². The summed E-state index contributed by atoms with van der Waals surface area (Å²) in [6.07, 6.45) is 16.4. The van der Waals surface area contributed by atoms with Gasteiger partial charge >= 0.3 is 0 Å². The molecule has 2 aliphatic rings. The Hall–Kier alpha value is -2.54. The zero-order valence-corrected chi connectivity index (χ0v) is 24.0. The van der Waals surface area contributed by atoms with Gasteiger partial charge in [0.05, 0.1) is 6.20 Å². The molecule has 2 fully saturated rings. The van der Waals surface area contributed by atoms with Crippen LogP contribution in [-0.4, -0.2) is 63.7 Å². The quantitative estimate of drug-likeness (QED) is 0.241. The molecule has 6 rings (SSSR count). The van der Waals surface area contributed by atoms with Gasteiger partial charge in [0.2, 0.25) is 0 Å². The Balaban J connectivity index is 0.000000170. The molecule has 0 atom stereocenters. The molecule has 0 unspecified atom stereocenters. The molecule has 0 radical (unpaired) electrons. The summed E-state index contributed by atoms with van der Waals surface area (Å²) in [5, 5.41) is 4.25. The molecule has 2 aliphatic heterocycles. The summed E-state index contributed by atoms with van der Waals surface area (Å²) in [5.74, 6) is 0. The average Bonchev–Trinajstić information content (AvgIpc) is 3.46. The van der Waals surface area contributed by atoms with Gasteiger partial charge in [-0.2, -0.15) is 5.10 Å². The van der Waals surface area contributed by atoms with Gasteiger partial charge < -0.3 is 9.80 Å². The SMILES string of the molecule is Brc1ccc(CCN2CCCCC2)cc1.c1cc2ncc(-c3ccc(CCN4CCCCC4)cc3)cn2n1. The van der Waals surface area contributed by atoms with E-state index in [4.69, 9.17) is 0 Å². The van der Waals surface area contributed by atoms with Gasteiger partial charge in [-0.15, -0.1) is 0 Å². The average molecular weight is 575 g/mol. The van der Waals surface area contributed by atoms with Gasteiger partial charge in [-0.3, -0.25) is 0 Å². The lowest BCUT2D eigenvalue weighted by atomic mass is 10.0. The van der Waals surface area contributed by atoms with Gasteiger partial charge in [-0.25, -0.2) is 9.50 Å². The minimum atomic E-state index is 0.881. The fourth-order valence-corrected chi connectivity index (χ4v) is 5.68. The molecule has 4 heterocycles. The summed E-state index contributed by atoms with van der Waals surface area (Å²) in [7, 11) is 0. The molecule has 6 heteroatoms. The van der Waals surface area contributed by atoms with E-state index in [0.717, 1.165) is 17.6 Å². The molecule has 0 amide bonds. The van der Waals surface area contributed by atoms with E-state index < -0.39 is 0 Å². The van der Waals surface area contributed by atoms with Crippen LogP contribution in [0.3, 0.4) is 0 Å². The zero-order valence-electron chi connectivity index (χ0n) is 22.4. The molecule has 0 bridgehead atoms. The van der Waals surface area contributed by atoms with E-state index in [1.807, 2.05) is 23.0 Å². The monoisotopic (exact) mass is 573 g/mol. The van der Waals surface area contributed by atoms with E-state index >= 15 is 0 Å². The highest BCUT2D eigenvalue weighted by atomic mass is 79.9. The first-order chi connectivity index (χ1) is 18.7. The third-order valence-electron chi connectivity index (χ3n) is 7.78. The van der Waals surface area contributed by atoms with Crippen LogP contribution in [0.1, 0.15) is 49.7 Å². The first-order valence-corrected chi connectivity index (χ1v) is 15.1. The highest BCUT2D eigenvalue weighted by Gasteiger charge is 2.10. The van der Waals surface area contributed by atoms with Crippen LogP contribution in [0.2, 0.25) is 0 Å². The first kappa shape index (κ1) is 27.0. The number of rotatable bonds is 7. The number of nitrogens with zero attached hydrogens (tertiary/aromatic N) is 5. The topological polar surface area (TPSA) is 36.7 Å². The molecule has 4 aromatic rings. The van der Waals surface area contributed by atoms with Gasteiger partial charge in [0.25, 0.3) is 0 Å². The van der Waals surface area contributed by atoms with Crippen molar-refractivity contribution in [2.24, 2.45) is 0 Å². The Morgan fingerprint density at radius 1 is 0.632 bits per heavy atom. The Morgan fingerprint density at radius 2 is 1.18 bits per heavy atom. The van der Waals surface area contributed by atoms with Crippen molar-refractivity contribution in [3.8, 4) is 11.1 Å². The van der Waals surface area contributed by atoms with Crippen LogP contribution < -0.4 is 0 Å². The van der Waals surface area contributed by atoms with Gasteiger partial charge in [0.15, 0.2) is 5.65 Å². The molecular weight excluding hydrogens is 534 g/mol. The van der Waals surface area contributed by atoms with Crippen LogP contribution in [0.5, 0.6) is 0 Å². The number of piperidine rings is 2. The van der Waals surface area contributed by atoms with Gasteiger partial charge in [-0.05, 0) is 93.5 Å². The zero-order chi connectivity index (χ0) is 26.0. The van der Waals surface area contributed by atoms with Crippen LogP contribution >= 0.6 is 15.9 Å². The molecule has 0 aliphatic carbocycles. The number of hydrogen-bond donors (Lipinski definition) is 0. The standard InChI is InChI=1S/C19H22N4.C13H18BrN/c1-2-11-22(12-3-1)13-9-16-4-6-17(7-5-16)18-14-20-19-8-10-21-23(19)15-18;14-13-6-4-12(5-7-13)8-11-15-9-2-1-3-10-15/h4-8,10,14-15H,1-3,9,11-13H2;4-7H,1-3,8-11H2. The van der Waals surface area contributed by atoms with Crippen LogP contribution in [0.25, 0.3) is 16.8 Å². The maximum Gasteiger partial charge on any atom is 0.154 e. The minimum Gasteiger partial charge on any atom is -0.303 e. The van der Waals surface area contributed by atoms with Crippen molar-refractivity contribution >= 4 is 21.6 Å². The lowest BCUT2D eigenvalue weighted by Gasteiger charge is -2.26. The van der Waals surface area contributed by atoms with Crippen molar-refractivity contribution in [1.82, 2.24) is 24.4 Å². The molecule has 2 saturated heterocycles. The number of benzene rings is 2. The fraction of sp³-hybridized carbons (Fsp3) is 0.438. The third kappa shape index (κ3) is 7.98. The first-order valence-electron chi connectivity index (χ1n) is 14.3. The summed E-state index contributed by atoms with van der Waals surface area (Å²) in [6.45, 7) is 7.55. The Morgan fingerprint density at radius 3 is 1.76 bits per heavy atom. The molecular formula is C32H40BrN5. The normalized spacial score (nSPS) is 16.8. The lowest BCUT2D eigenvalue weighted by molar-refractivity contribution is 0.231. The Labute approximate surface area is 236 Å². The largest absolute Gasteiger partial charge is 0.303 e. The second kappa shape index (κ2) is 14.0. The lowest BCUT2D eigenvalue weighted by Crippen LogP contribution is -2.31. The van der Waals surface area contributed by atoms with Gasteiger partial charge in [0.1, 0.15) is 0 Å². The summed E-state index contributed by atoms with van der Waals surface area (Å²) in [4.78, 5) is 9.61. The highest BCUT2D eigenvalue weighted by molar-refractivity contribution is 9.10. The van der Waals surface area contributed by atoms with E-state index in [0.29, 0.717) is 0 Å². The number of halogens is 1. The van der Waals surface area contributed by atoms with E-state index in [1.54, 1.807) is 6.20 Å². The van der Waals surface area contributed by atoms with Crippen molar-refractivity contribution in [3.05, 3.63) is 88.8 Å². The molecule has 0 saturated carbocycles. The second-order valence-electron chi connectivity index (χ2n) is 10.6. The number of fused-ring (bicyclic) bond motifs is 1. The third-order valence-corrected chi connectivity index (χ3v) is 8.31. The van der Waals surface area contributed by atoms with E-state index in [1.165, 1.54) is 105 Å². The molecule has 2 aromatic heterocycles. The number of hydrogen-bond acceptors (Lipinski definition) is 4. The molecule has 38 heavy (non-hydrogen) atoms. The molecule has 0 spiro atoms. The van der Waals surface area contributed by atoms with Crippen molar-refractivity contribution in [3.63, 3.8) is 0 Å². The highest BCUT2D eigenvalue weighted by Crippen LogP contribution is 2.20. The van der Waals surface area contributed by atoms with Crippen molar-refractivity contribution in [2.45, 2.75) is 51.4 Å². The van der Waals surface area contributed by atoms with Crippen LogP contribution in [0.4, 0.5) is 0 Å². The van der Waals surface area contributed by atoms with Crippen molar-refractivity contribution in [2.75, 3.05) is 39.3 Å². The smallest absolute Gasteiger partial charge is 0.154 e. The number of aromatic nitrogens is 3. The maximum absolute atomic E-state index is 4.43. The second-order valence-corrected chi connectivity index (χ2v) is 11.5. The maximum atomic E-state index is 4.43. The van der Waals surface area contributed by atoms with Gasteiger partial charge in [-0.1, -0.05) is 65.2 Å². The summed E-state index contributed by atoms with van der Waals surface area (Å²) < 4.78 is 2.99. The van der Waals surface area contributed by atoms with E-state index in [-0.39, 0.29) is 0 Å². The number of likely N-dealkylation sites (tertiary alicyclic amines) is 2. The predicted molar refractivity (Wildman–Crippen MR) is 161 cm³/mol. The van der Waals surface area contributed by atoms with E-state index in [2.05, 4.69) is 84.3 Å². The Kier molecular flexibility index (Phi) is 9.98. The Bertz CT molecular complexity index is 1240. The van der Waals surface area contributed by atoms with E-state index in [9.17, 15) is 0 Å². The molecule has 2 aromatic carbocycles. The van der Waals surface area contributed by atoms with Crippen LogP contribution in [0, 0.1) is 0 Å².